The van der Waals surface area contributed by atoms with E-state index in [1.54, 1.807) is 0 Å². The van der Waals surface area contributed by atoms with Crippen LogP contribution in [0.25, 0.3) is 0 Å². The van der Waals surface area contributed by atoms with Gasteiger partial charge >= 0.3 is 0 Å². The van der Waals surface area contributed by atoms with Crippen molar-refractivity contribution in [3.63, 3.8) is 0 Å². The number of halogens is 1. The summed E-state index contributed by atoms with van der Waals surface area (Å²) in [5, 5.41) is 3.34. The molecule has 0 aromatic carbocycles. The summed E-state index contributed by atoms with van der Waals surface area (Å²) >= 11 is 3.48. The molecule has 0 spiro atoms. The third-order valence-corrected chi connectivity index (χ3v) is 4.19. The molecule has 1 aliphatic carbocycles. The summed E-state index contributed by atoms with van der Waals surface area (Å²) in [4.78, 5) is 4.45. The van der Waals surface area contributed by atoms with Gasteiger partial charge in [-0.2, -0.15) is 0 Å². The zero-order chi connectivity index (χ0) is 13.7. The van der Waals surface area contributed by atoms with Gasteiger partial charge in [-0.1, -0.05) is 20.3 Å². The molecule has 1 heterocycles. The van der Waals surface area contributed by atoms with Gasteiger partial charge in [0, 0.05) is 22.8 Å². The van der Waals surface area contributed by atoms with Crippen LogP contribution in [0, 0.1) is 5.92 Å². The number of nitrogens with one attached hydrogen (secondary N) is 1. The van der Waals surface area contributed by atoms with Crippen molar-refractivity contribution in [1.82, 2.24) is 10.3 Å². The fourth-order valence-corrected chi connectivity index (χ4v) is 2.94. The number of hydrogen-bond donors (Lipinski definition) is 1. The van der Waals surface area contributed by atoms with Gasteiger partial charge in [0.15, 0.2) is 0 Å². The highest BCUT2D eigenvalue weighted by atomic mass is 79.9. The van der Waals surface area contributed by atoms with Crippen LogP contribution >= 0.6 is 15.9 Å². The van der Waals surface area contributed by atoms with Gasteiger partial charge in [-0.25, -0.2) is 4.98 Å². The standard InChI is InChI=1S/C15H23BrN2O/c1-3-17-9-12-8-13(16)10-18-15(12)19-14-7-5-4-6-11(14)2/h8,10-11,14,17H,3-7,9H2,1-2H3. The fourth-order valence-electron chi connectivity index (χ4n) is 2.56. The first-order chi connectivity index (χ1) is 9.20. The molecule has 0 radical (unpaired) electrons. The number of nitrogens with zero attached hydrogens (tertiary/aromatic N) is 1. The second kappa shape index (κ2) is 7.25. The van der Waals surface area contributed by atoms with Crippen LogP contribution in [-0.2, 0) is 6.54 Å². The quantitative estimate of drug-likeness (QED) is 0.890. The first-order valence-electron chi connectivity index (χ1n) is 7.22. The molecule has 4 heteroatoms. The highest BCUT2D eigenvalue weighted by Gasteiger charge is 2.24. The van der Waals surface area contributed by atoms with E-state index in [9.17, 15) is 0 Å². The van der Waals surface area contributed by atoms with Crippen molar-refractivity contribution in [3.05, 3.63) is 22.3 Å². The Morgan fingerprint density at radius 3 is 2.95 bits per heavy atom. The van der Waals surface area contributed by atoms with Crippen molar-refractivity contribution in [3.8, 4) is 5.88 Å². The summed E-state index contributed by atoms with van der Waals surface area (Å²) in [5.74, 6) is 1.43. The van der Waals surface area contributed by atoms with Crippen molar-refractivity contribution in [2.75, 3.05) is 6.54 Å². The van der Waals surface area contributed by atoms with E-state index >= 15 is 0 Å². The average Bonchev–Trinajstić information content (AvgIpc) is 2.41. The Kier molecular flexibility index (Phi) is 5.64. The van der Waals surface area contributed by atoms with Gasteiger partial charge in [0.05, 0.1) is 0 Å². The Labute approximate surface area is 124 Å². The third-order valence-electron chi connectivity index (χ3n) is 3.75. The van der Waals surface area contributed by atoms with E-state index in [-0.39, 0.29) is 0 Å². The molecule has 2 unspecified atom stereocenters. The summed E-state index contributed by atoms with van der Waals surface area (Å²) in [7, 11) is 0. The molecule has 1 aliphatic rings. The van der Waals surface area contributed by atoms with Gasteiger partial charge in [0.2, 0.25) is 5.88 Å². The minimum atomic E-state index is 0.322. The zero-order valence-corrected chi connectivity index (χ0v) is 13.4. The molecule has 0 amide bonds. The second-order valence-corrected chi connectivity index (χ2v) is 6.23. The topological polar surface area (TPSA) is 34.2 Å². The summed E-state index contributed by atoms with van der Waals surface area (Å²) in [6.07, 6.45) is 7.16. The van der Waals surface area contributed by atoms with Crippen LogP contribution in [0.1, 0.15) is 45.1 Å². The lowest BCUT2D eigenvalue weighted by atomic mass is 9.88. The molecular formula is C15H23BrN2O. The second-order valence-electron chi connectivity index (χ2n) is 5.32. The molecular weight excluding hydrogens is 304 g/mol. The molecule has 1 aromatic heterocycles. The van der Waals surface area contributed by atoms with E-state index in [0.717, 1.165) is 35.4 Å². The van der Waals surface area contributed by atoms with Gasteiger partial charge < -0.3 is 10.1 Å². The van der Waals surface area contributed by atoms with E-state index in [1.165, 1.54) is 19.3 Å². The maximum atomic E-state index is 6.18. The van der Waals surface area contributed by atoms with Gasteiger partial charge in [-0.3, -0.25) is 0 Å². The molecule has 0 saturated heterocycles. The number of pyridine rings is 1. The number of ether oxygens (including phenoxy) is 1. The average molecular weight is 327 g/mol. The molecule has 0 bridgehead atoms. The first-order valence-corrected chi connectivity index (χ1v) is 8.01. The minimum Gasteiger partial charge on any atom is -0.474 e. The lowest BCUT2D eigenvalue weighted by Gasteiger charge is -2.29. The predicted octanol–water partition coefficient (Wildman–Crippen LogP) is 3.91. The van der Waals surface area contributed by atoms with E-state index in [4.69, 9.17) is 4.74 Å². The lowest BCUT2D eigenvalue weighted by Crippen LogP contribution is -2.29. The molecule has 1 fully saturated rings. The molecule has 19 heavy (non-hydrogen) atoms. The van der Waals surface area contributed by atoms with Crippen LogP contribution in [0.15, 0.2) is 16.7 Å². The van der Waals surface area contributed by atoms with E-state index < -0.39 is 0 Å². The Bertz CT molecular complexity index is 411. The molecule has 3 nitrogen and oxygen atoms in total. The van der Waals surface area contributed by atoms with Crippen molar-refractivity contribution in [1.29, 1.82) is 0 Å². The van der Waals surface area contributed by atoms with Gasteiger partial charge in [-0.05, 0) is 53.7 Å². The molecule has 1 aromatic rings. The van der Waals surface area contributed by atoms with E-state index in [2.05, 4.69) is 46.1 Å². The summed E-state index contributed by atoms with van der Waals surface area (Å²) in [6.45, 7) is 6.15. The SMILES string of the molecule is CCNCc1cc(Br)cnc1OC1CCCCC1C. The Balaban J connectivity index is 2.09. The summed E-state index contributed by atoms with van der Waals surface area (Å²) < 4.78 is 7.18. The normalized spacial score (nSPS) is 23.3. The van der Waals surface area contributed by atoms with Gasteiger partial charge in [0.25, 0.3) is 0 Å². The maximum Gasteiger partial charge on any atom is 0.218 e. The third kappa shape index (κ3) is 4.18. The monoisotopic (exact) mass is 326 g/mol. The Hall–Kier alpha value is -0.610. The van der Waals surface area contributed by atoms with E-state index in [1.807, 2.05) is 6.20 Å². The summed E-state index contributed by atoms with van der Waals surface area (Å²) in [5.41, 5.74) is 1.13. The van der Waals surface area contributed by atoms with Crippen LogP contribution in [-0.4, -0.2) is 17.6 Å². The van der Waals surface area contributed by atoms with E-state index in [0.29, 0.717) is 12.0 Å². The van der Waals surface area contributed by atoms with Crippen LogP contribution in [0.5, 0.6) is 5.88 Å². The number of rotatable bonds is 5. The van der Waals surface area contributed by atoms with Crippen molar-refractivity contribution < 1.29 is 4.74 Å². The molecule has 0 aliphatic heterocycles. The molecule has 2 rings (SSSR count). The lowest BCUT2D eigenvalue weighted by molar-refractivity contribution is 0.0962. The van der Waals surface area contributed by atoms with Crippen molar-refractivity contribution in [2.24, 2.45) is 5.92 Å². The van der Waals surface area contributed by atoms with Crippen molar-refractivity contribution >= 4 is 15.9 Å². The molecule has 1 N–H and O–H groups in total. The molecule has 1 saturated carbocycles. The fraction of sp³-hybridized carbons (Fsp3) is 0.667. The minimum absolute atomic E-state index is 0.322. The van der Waals surface area contributed by atoms with Gasteiger partial charge in [0.1, 0.15) is 6.10 Å². The first kappa shape index (κ1) is 14.8. The zero-order valence-electron chi connectivity index (χ0n) is 11.8. The summed E-state index contributed by atoms with van der Waals surface area (Å²) in [6, 6.07) is 2.10. The largest absolute Gasteiger partial charge is 0.474 e. The Morgan fingerprint density at radius 2 is 2.21 bits per heavy atom. The highest BCUT2D eigenvalue weighted by molar-refractivity contribution is 9.10. The Morgan fingerprint density at radius 1 is 1.42 bits per heavy atom. The van der Waals surface area contributed by atoms with Crippen LogP contribution in [0.2, 0.25) is 0 Å². The smallest absolute Gasteiger partial charge is 0.218 e. The number of aromatic nitrogens is 1. The van der Waals surface area contributed by atoms with Crippen molar-refractivity contribution in [2.45, 2.75) is 52.2 Å². The highest BCUT2D eigenvalue weighted by Crippen LogP contribution is 2.29. The van der Waals surface area contributed by atoms with Crippen LogP contribution in [0.4, 0.5) is 0 Å². The van der Waals surface area contributed by atoms with Crippen LogP contribution < -0.4 is 10.1 Å². The number of hydrogen-bond acceptors (Lipinski definition) is 3. The van der Waals surface area contributed by atoms with Crippen LogP contribution in [0.3, 0.4) is 0 Å². The maximum absolute atomic E-state index is 6.18. The van der Waals surface area contributed by atoms with Gasteiger partial charge in [-0.15, -0.1) is 0 Å². The predicted molar refractivity (Wildman–Crippen MR) is 81.4 cm³/mol. The molecule has 2 atom stereocenters. The molecule has 106 valence electrons.